The van der Waals surface area contributed by atoms with Crippen molar-refractivity contribution < 1.29 is 4.74 Å². The maximum Gasteiger partial charge on any atom is 0.0611 e. The van der Waals surface area contributed by atoms with Crippen molar-refractivity contribution in [2.45, 2.75) is 65.4 Å². The predicted molar refractivity (Wildman–Crippen MR) is 63.9 cm³/mol. The highest BCUT2D eigenvalue weighted by molar-refractivity contribution is 4.91. The molecule has 1 aliphatic heterocycles. The smallest absolute Gasteiger partial charge is 0.0611 e. The van der Waals surface area contributed by atoms with E-state index >= 15 is 0 Å². The van der Waals surface area contributed by atoms with Gasteiger partial charge in [-0.1, -0.05) is 27.2 Å². The van der Waals surface area contributed by atoms with Crippen molar-refractivity contribution in [1.82, 2.24) is 0 Å². The third-order valence-corrected chi connectivity index (χ3v) is 4.74. The number of rotatable bonds is 2. The quantitative estimate of drug-likeness (QED) is 0.669. The molecule has 1 nitrogen and oxygen atoms in total. The first-order valence-electron chi connectivity index (χ1n) is 6.76. The first kappa shape index (κ1) is 11.4. The number of hydrogen-bond acceptors (Lipinski definition) is 1. The minimum Gasteiger partial charge on any atom is -0.378 e. The molecule has 0 amide bonds. The molecular weight excluding hydrogens is 184 g/mol. The van der Waals surface area contributed by atoms with Gasteiger partial charge < -0.3 is 4.74 Å². The summed E-state index contributed by atoms with van der Waals surface area (Å²) in [6, 6.07) is 0. The third kappa shape index (κ3) is 2.38. The standard InChI is InChI=1S/C14H26O/c1-4-7-14(3)8-5-12-11(2)6-9-15-13(12)10-14/h11-13H,4-10H2,1-3H3. The number of hydrogen-bond donors (Lipinski definition) is 0. The summed E-state index contributed by atoms with van der Waals surface area (Å²) in [5.74, 6) is 1.76. The summed E-state index contributed by atoms with van der Waals surface area (Å²) >= 11 is 0. The monoisotopic (exact) mass is 210 g/mol. The predicted octanol–water partition coefficient (Wildman–Crippen LogP) is 4.02. The summed E-state index contributed by atoms with van der Waals surface area (Å²) in [5, 5.41) is 0. The largest absolute Gasteiger partial charge is 0.378 e. The summed E-state index contributed by atoms with van der Waals surface area (Å²) in [6.45, 7) is 8.20. The van der Waals surface area contributed by atoms with Gasteiger partial charge in [0, 0.05) is 6.61 Å². The molecular formula is C14H26O. The molecule has 15 heavy (non-hydrogen) atoms. The van der Waals surface area contributed by atoms with Crippen LogP contribution in [0, 0.1) is 17.3 Å². The molecule has 1 saturated carbocycles. The van der Waals surface area contributed by atoms with Crippen LogP contribution >= 0.6 is 0 Å². The van der Waals surface area contributed by atoms with Crippen LogP contribution in [0.25, 0.3) is 0 Å². The molecule has 88 valence electrons. The van der Waals surface area contributed by atoms with Crippen LogP contribution in [0.15, 0.2) is 0 Å². The van der Waals surface area contributed by atoms with Crippen molar-refractivity contribution in [1.29, 1.82) is 0 Å². The fourth-order valence-electron chi connectivity index (χ4n) is 3.72. The van der Waals surface area contributed by atoms with Gasteiger partial charge in [0.15, 0.2) is 0 Å². The lowest BCUT2D eigenvalue weighted by Gasteiger charge is -2.47. The van der Waals surface area contributed by atoms with Gasteiger partial charge >= 0.3 is 0 Å². The molecule has 0 bridgehead atoms. The molecule has 1 heteroatoms. The number of ether oxygens (including phenoxy) is 1. The molecule has 0 aromatic carbocycles. The van der Waals surface area contributed by atoms with Crippen LogP contribution in [0.2, 0.25) is 0 Å². The zero-order chi connectivity index (χ0) is 10.9. The first-order valence-corrected chi connectivity index (χ1v) is 6.76. The minimum atomic E-state index is 0.576. The first-order chi connectivity index (χ1) is 7.14. The van der Waals surface area contributed by atoms with Crippen LogP contribution in [0.5, 0.6) is 0 Å². The second-order valence-electron chi connectivity index (χ2n) is 6.14. The van der Waals surface area contributed by atoms with E-state index in [1.54, 1.807) is 0 Å². The zero-order valence-corrected chi connectivity index (χ0v) is 10.6. The van der Waals surface area contributed by atoms with Gasteiger partial charge in [-0.2, -0.15) is 0 Å². The van der Waals surface area contributed by atoms with E-state index in [9.17, 15) is 0 Å². The fourth-order valence-corrected chi connectivity index (χ4v) is 3.72. The topological polar surface area (TPSA) is 9.23 Å². The van der Waals surface area contributed by atoms with E-state index in [1.807, 2.05) is 0 Å². The van der Waals surface area contributed by atoms with Gasteiger partial charge in [-0.05, 0) is 49.4 Å². The highest BCUT2D eigenvalue weighted by atomic mass is 16.5. The SMILES string of the molecule is CCCC1(C)CCC2C(C)CCOC2C1. The van der Waals surface area contributed by atoms with Crippen LogP contribution in [0.3, 0.4) is 0 Å². The Labute approximate surface area is 94.6 Å². The molecule has 2 rings (SSSR count). The number of fused-ring (bicyclic) bond motifs is 1. The average molecular weight is 210 g/mol. The van der Waals surface area contributed by atoms with Crippen molar-refractivity contribution in [2.24, 2.45) is 17.3 Å². The normalized spacial score (nSPS) is 46.2. The van der Waals surface area contributed by atoms with E-state index in [2.05, 4.69) is 20.8 Å². The molecule has 0 aromatic rings. The Bertz CT molecular complexity index is 213. The second kappa shape index (κ2) is 4.45. The molecule has 1 saturated heterocycles. The Morgan fingerprint density at radius 2 is 2.13 bits per heavy atom. The highest BCUT2D eigenvalue weighted by Crippen LogP contribution is 2.47. The van der Waals surface area contributed by atoms with Gasteiger partial charge in [0.1, 0.15) is 0 Å². The molecule has 2 fully saturated rings. The van der Waals surface area contributed by atoms with E-state index in [0.29, 0.717) is 11.5 Å². The molecule has 0 radical (unpaired) electrons. The van der Waals surface area contributed by atoms with Gasteiger partial charge in [-0.15, -0.1) is 0 Å². The highest BCUT2D eigenvalue weighted by Gasteiger charge is 2.41. The van der Waals surface area contributed by atoms with Crippen LogP contribution in [0.1, 0.15) is 59.3 Å². The summed E-state index contributed by atoms with van der Waals surface area (Å²) in [4.78, 5) is 0. The Kier molecular flexibility index (Phi) is 3.39. The van der Waals surface area contributed by atoms with Gasteiger partial charge in [0.25, 0.3) is 0 Å². The Morgan fingerprint density at radius 1 is 1.33 bits per heavy atom. The Balaban J connectivity index is 1.99. The van der Waals surface area contributed by atoms with Gasteiger partial charge in [-0.25, -0.2) is 0 Å². The van der Waals surface area contributed by atoms with Gasteiger partial charge in [-0.3, -0.25) is 0 Å². The van der Waals surface area contributed by atoms with Crippen LogP contribution in [0.4, 0.5) is 0 Å². The van der Waals surface area contributed by atoms with Crippen molar-refractivity contribution in [3.05, 3.63) is 0 Å². The molecule has 4 unspecified atom stereocenters. The third-order valence-electron chi connectivity index (χ3n) is 4.74. The van der Waals surface area contributed by atoms with E-state index in [4.69, 9.17) is 4.74 Å². The lowest BCUT2D eigenvalue weighted by molar-refractivity contribution is -0.102. The van der Waals surface area contributed by atoms with Crippen molar-refractivity contribution in [2.75, 3.05) is 6.61 Å². The van der Waals surface area contributed by atoms with Crippen molar-refractivity contribution in [3.8, 4) is 0 Å². The molecule has 0 N–H and O–H groups in total. The molecule has 2 aliphatic rings. The van der Waals surface area contributed by atoms with E-state index in [0.717, 1.165) is 18.4 Å². The van der Waals surface area contributed by atoms with E-state index in [-0.39, 0.29) is 0 Å². The fraction of sp³-hybridized carbons (Fsp3) is 1.00. The van der Waals surface area contributed by atoms with E-state index in [1.165, 1.54) is 38.5 Å². The Morgan fingerprint density at radius 3 is 2.87 bits per heavy atom. The second-order valence-corrected chi connectivity index (χ2v) is 6.14. The molecule has 4 atom stereocenters. The zero-order valence-electron chi connectivity index (χ0n) is 10.6. The van der Waals surface area contributed by atoms with Crippen molar-refractivity contribution in [3.63, 3.8) is 0 Å². The summed E-state index contributed by atoms with van der Waals surface area (Å²) in [7, 11) is 0. The lowest BCUT2D eigenvalue weighted by Crippen LogP contribution is -2.43. The van der Waals surface area contributed by atoms with E-state index < -0.39 is 0 Å². The summed E-state index contributed by atoms with van der Waals surface area (Å²) in [5.41, 5.74) is 0.576. The molecule has 1 heterocycles. The van der Waals surface area contributed by atoms with Gasteiger partial charge in [0.2, 0.25) is 0 Å². The van der Waals surface area contributed by atoms with Crippen LogP contribution < -0.4 is 0 Å². The lowest BCUT2D eigenvalue weighted by atomic mass is 9.64. The molecule has 1 aliphatic carbocycles. The maximum absolute atomic E-state index is 5.99. The van der Waals surface area contributed by atoms with Gasteiger partial charge in [0.05, 0.1) is 6.10 Å². The molecule has 0 aromatic heterocycles. The van der Waals surface area contributed by atoms with Crippen LogP contribution in [-0.4, -0.2) is 12.7 Å². The Hall–Kier alpha value is -0.0400. The summed E-state index contributed by atoms with van der Waals surface area (Å²) < 4.78 is 5.99. The average Bonchev–Trinajstić information content (AvgIpc) is 2.17. The maximum atomic E-state index is 5.99. The van der Waals surface area contributed by atoms with Crippen molar-refractivity contribution >= 4 is 0 Å². The minimum absolute atomic E-state index is 0.576. The van der Waals surface area contributed by atoms with Crippen LogP contribution in [-0.2, 0) is 4.74 Å². The molecule has 0 spiro atoms. The summed E-state index contributed by atoms with van der Waals surface area (Å²) in [6.07, 6.45) is 8.72.